The van der Waals surface area contributed by atoms with Crippen LogP contribution in [0.25, 0.3) is 22.2 Å². The summed E-state index contributed by atoms with van der Waals surface area (Å²) in [7, 11) is 2.18. The summed E-state index contributed by atoms with van der Waals surface area (Å²) in [5.74, 6) is 0. The average molecular weight is 377 g/mol. The van der Waals surface area contributed by atoms with Crippen molar-refractivity contribution in [1.29, 1.82) is 0 Å². The van der Waals surface area contributed by atoms with Crippen LogP contribution >= 0.6 is 0 Å². The molecule has 0 aliphatic carbocycles. The lowest BCUT2D eigenvalue weighted by Gasteiger charge is -2.28. The number of hydrogen-bond acceptors (Lipinski definition) is 2. The SMILES string of the molecule is CCN(CC)c1cc(-c2ccc3ccccc3[n+]2C)c(C)c(N(CC)CC)c1. The van der Waals surface area contributed by atoms with Gasteiger partial charge in [-0.25, -0.2) is 0 Å². The number of aryl methyl sites for hydroxylation is 1. The molecule has 0 saturated heterocycles. The normalized spacial score (nSPS) is 11.1. The second kappa shape index (κ2) is 8.64. The van der Waals surface area contributed by atoms with Crippen molar-refractivity contribution in [2.45, 2.75) is 34.6 Å². The van der Waals surface area contributed by atoms with Crippen molar-refractivity contribution < 1.29 is 4.57 Å². The van der Waals surface area contributed by atoms with Crippen LogP contribution in [0.4, 0.5) is 11.4 Å². The minimum atomic E-state index is 1.01. The van der Waals surface area contributed by atoms with Gasteiger partial charge in [0.1, 0.15) is 7.05 Å². The Labute approximate surface area is 170 Å². The van der Waals surface area contributed by atoms with Gasteiger partial charge in [0, 0.05) is 55.1 Å². The number of nitrogens with zero attached hydrogens (tertiary/aromatic N) is 3. The Morgan fingerprint density at radius 1 is 0.786 bits per heavy atom. The van der Waals surface area contributed by atoms with Crippen molar-refractivity contribution in [3.05, 3.63) is 54.1 Å². The molecule has 3 nitrogen and oxygen atoms in total. The molecule has 0 aliphatic heterocycles. The predicted octanol–water partition coefficient (Wildman–Crippen LogP) is 5.33. The van der Waals surface area contributed by atoms with Crippen molar-refractivity contribution in [2.75, 3.05) is 36.0 Å². The van der Waals surface area contributed by atoms with Gasteiger partial charge in [0.2, 0.25) is 11.2 Å². The summed E-state index contributed by atoms with van der Waals surface area (Å²) in [4.78, 5) is 4.91. The number of anilines is 2. The first kappa shape index (κ1) is 20.2. The largest absolute Gasteiger partial charge is 0.372 e. The molecule has 0 spiro atoms. The molecule has 3 aromatic rings. The molecule has 1 aromatic heterocycles. The molecule has 0 saturated carbocycles. The lowest BCUT2D eigenvalue weighted by atomic mass is 9.99. The number of para-hydroxylation sites is 1. The summed E-state index contributed by atoms with van der Waals surface area (Å²) >= 11 is 0. The van der Waals surface area contributed by atoms with Crippen LogP contribution in [0.5, 0.6) is 0 Å². The van der Waals surface area contributed by atoms with E-state index in [1.165, 1.54) is 39.1 Å². The third-order valence-corrected chi connectivity index (χ3v) is 5.95. The Morgan fingerprint density at radius 2 is 1.43 bits per heavy atom. The van der Waals surface area contributed by atoms with E-state index in [9.17, 15) is 0 Å². The van der Waals surface area contributed by atoms with E-state index < -0.39 is 0 Å². The van der Waals surface area contributed by atoms with Crippen LogP contribution in [0.15, 0.2) is 48.5 Å². The van der Waals surface area contributed by atoms with Crippen molar-refractivity contribution in [1.82, 2.24) is 0 Å². The lowest BCUT2D eigenvalue weighted by molar-refractivity contribution is -0.633. The highest BCUT2D eigenvalue weighted by Gasteiger charge is 2.21. The maximum Gasteiger partial charge on any atom is 0.213 e. The van der Waals surface area contributed by atoms with Crippen LogP contribution in [0.1, 0.15) is 33.3 Å². The fourth-order valence-corrected chi connectivity index (χ4v) is 4.23. The maximum atomic E-state index is 2.47. The second-order valence-electron chi connectivity index (χ2n) is 7.32. The number of aromatic nitrogens is 1. The van der Waals surface area contributed by atoms with Gasteiger partial charge in [0.15, 0.2) is 0 Å². The highest BCUT2D eigenvalue weighted by Crippen LogP contribution is 2.35. The molecule has 0 unspecified atom stereocenters. The van der Waals surface area contributed by atoms with Crippen LogP contribution in [0, 0.1) is 6.92 Å². The predicted molar refractivity (Wildman–Crippen MR) is 122 cm³/mol. The van der Waals surface area contributed by atoms with Crippen LogP contribution in [0.2, 0.25) is 0 Å². The molecule has 148 valence electrons. The molecule has 0 atom stereocenters. The third kappa shape index (κ3) is 3.58. The van der Waals surface area contributed by atoms with Gasteiger partial charge in [0.05, 0.1) is 5.56 Å². The summed E-state index contributed by atoms with van der Waals surface area (Å²) in [6.45, 7) is 15.3. The smallest absolute Gasteiger partial charge is 0.213 e. The zero-order valence-electron chi connectivity index (χ0n) is 18.3. The van der Waals surface area contributed by atoms with E-state index in [1.54, 1.807) is 0 Å². The zero-order chi connectivity index (χ0) is 20.3. The van der Waals surface area contributed by atoms with E-state index >= 15 is 0 Å². The summed E-state index contributed by atoms with van der Waals surface area (Å²) in [5, 5.41) is 1.27. The first-order valence-electron chi connectivity index (χ1n) is 10.6. The van der Waals surface area contributed by atoms with Gasteiger partial charge >= 0.3 is 0 Å². The van der Waals surface area contributed by atoms with Crippen LogP contribution in [-0.2, 0) is 7.05 Å². The lowest BCUT2D eigenvalue weighted by Crippen LogP contribution is -2.32. The minimum absolute atomic E-state index is 1.01. The summed E-state index contributed by atoms with van der Waals surface area (Å²) in [6, 6.07) is 17.9. The van der Waals surface area contributed by atoms with Crippen LogP contribution in [0.3, 0.4) is 0 Å². The van der Waals surface area contributed by atoms with Gasteiger partial charge in [-0.05, 0) is 64.4 Å². The Kier molecular flexibility index (Phi) is 6.23. The van der Waals surface area contributed by atoms with E-state index in [1.807, 2.05) is 0 Å². The Bertz CT molecular complexity index is 953. The quantitative estimate of drug-likeness (QED) is 0.516. The standard InChI is InChI=1S/C25H34N3/c1-7-27(8-2)21-17-22(19(5)25(18-21)28(9-3)10-4)24-16-15-20-13-11-12-14-23(20)26(24)6/h11-18H,7-10H2,1-6H3/q+1. The zero-order valence-corrected chi connectivity index (χ0v) is 18.3. The number of benzene rings is 2. The third-order valence-electron chi connectivity index (χ3n) is 5.95. The summed E-state index contributed by atoms with van der Waals surface area (Å²) < 4.78 is 2.33. The van der Waals surface area contributed by atoms with Crippen LogP contribution < -0.4 is 14.4 Å². The molecule has 0 radical (unpaired) electrons. The van der Waals surface area contributed by atoms with Crippen LogP contribution in [-0.4, -0.2) is 26.2 Å². The molecule has 0 bridgehead atoms. The van der Waals surface area contributed by atoms with E-state index in [4.69, 9.17) is 0 Å². The molecule has 3 rings (SSSR count). The second-order valence-corrected chi connectivity index (χ2v) is 7.32. The molecule has 1 heterocycles. The highest BCUT2D eigenvalue weighted by molar-refractivity contribution is 5.81. The van der Waals surface area contributed by atoms with E-state index in [0.29, 0.717) is 0 Å². The van der Waals surface area contributed by atoms with Crippen molar-refractivity contribution in [3.8, 4) is 11.3 Å². The monoisotopic (exact) mass is 376 g/mol. The molecule has 0 aliphatic rings. The molecule has 0 amide bonds. The Hall–Kier alpha value is -2.55. The molecule has 0 fully saturated rings. The highest BCUT2D eigenvalue weighted by atomic mass is 15.1. The molecular weight excluding hydrogens is 342 g/mol. The number of hydrogen-bond donors (Lipinski definition) is 0. The van der Waals surface area contributed by atoms with Crippen molar-refractivity contribution in [3.63, 3.8) is 0 Å². The van der Waals surface area contributed by atoms with Gasteiger partial charge < -0.3 is 9.80 Å². The van der Waals surface area contributed by atoms with Crippen molar-refractivity contribution >= 4 is 22.3 Å². The first-order chi connectivity index (χ1) is 13.5. The maximum absolute atomic E-state index is 2.47. The molecule has 3 heteroatoms. The van der Waals surface area contributed by atoms with Gasteiger partial charge in [-0.2, -0.15) is 4.57 Å². The molecular formula is C25H34N3+. The molecule has 2 aromatic carbocycles. The van der Waals surface area contributed by atoms with Crippen molar-refractivity contribution in [2.24, 2.45) is 7.05 Å². The average Bonchev–Trinajstić information content (AvgIpc) is 2.72. The van der Waals surface area contributed by atoms with Gasteiger partial charge in [-0.3, -0.25) is 0 Å². The van der Waals surface area contributed by atoms with E-state index in [-0.39, 0.29) is 0 Å². The van der Waals surface area contributed by atoms with Gasteiger partial charge in [-0.1, -0.05) is 12.1 Å². The first-order valence-corrected chi connectivity index (χ1v) is 10.6. The molecule has 28 heavy (non-hydrogen) atoms. The van der Waals surface area contributed by atoms with Gasteiger partial charge in [0.25, 0.3) is 0 Å². The minimum Gasteiger partial charge on any atom is -0.372 e. The van der Waals surface area contributed by atoms with E-state index in [0.717, 1.165) is 26.2 Å². The Morgan fingerprint density at radius 3 is 2.07 bits per heavy atom. The van der Waals surface area contributed by atoms with Gasteiger partial charge in [-0.15, -0.1) is 0 Å². The Balaban J connectivity index is 2.29. The molecule has 0 N–H and O–H groups in total. The fourth-order valence-electron chi connectivity index (χ4n) is 4.23. The van der Waals surface area contributed by atoms with E-state index in [2.05, 4.69) is 105 Å². The fraction of sp³-hybridized carbons (Fsp3) is 0.400. The number of fused-ring (bicyclic) bond motifs is 1. The number of pyridine rings is 1. The summed E-state index contributed by atoms with van der Waals surface area (Å²) in [6.07, 6.45) is 0. The summed E-state index contributed by atoms with van der Waals surface area (Å²) in [5.41, 5.74) is 7.85. The topological polar surface area (TPSA) is 10.4 Å². The number of rotatable bonds is 7.